The van der Waals surface area contributed by atoms with Gasteiger partial charge in [-0.15, -0.1) is 0 Å². The van der Waals surface area contributed by atoms with Crippen molar-refractivity contribution in [2.24, 2.45) is 0 Å². The molecule has 0 unspecified atom stereocenters. The van der Waals surface area contributed by atoms with E-state index in [0.29, 0.717) is 23.5 Å². The smallest absolute Gasteiger partial charge is 0.333 e. The molecule has 0 atom stereocenters. The van der Waals surface area contributed by atoms with Gasteiger partial charge in [0, 0.05) is 23.5 Å². The SMILES string of the molecule is COC(=O)C1=Cc2cc(OCc3cccnc3)ccc2S(=O)(=O)CC1. The Balaban J connectivity index is 1.92. The molecule has 0 radical (unpaired) electrons. The molecule has 1 aromatic heterocycles. The third kappa shape index (κ3) is 3.88. The summed E-state index contributed by atoms with van der Waals surface area (Å²) in [5, 5.41) is 0. The first-order valence-corrected chi connectivity index (χ1v) is 9.32. The number of benzene rings is 1. The lowest BCUT2D eigenvalue weighted by Crippen LogP contribution is -2.10. The van der Waals surface area contributed by atoms with Crippen molar-refractivity contribution < 1.29 is 22.7 Å². The van der Waals surface area contributed by atoms with Crippen molar-refractivity contribution in [3.63, 3.8) is 0 Å². The summed E-state index contributed by atoms with van der Waals surface area (Å²) >= 11 is 0. The summed E-state index contributed by atoms with van der Waals surface area (Å²) in [6.45, 7) is 0.312. The zero-order chi connectivity index (χ0) is 17.9. The van der Waals surface area contributed by atoms with E-state index in [-0.39, 0.29) is 17.1 Å². The van der Waals surface area contributed by atoms with Gasteiger partial charge >= 0.3 is 5.97 Å². The highest BCUT2D eigenvalue weighted by Crippen LogP contribution is 2.30. The van der Waals surface area contributed by atoms with Crippen LogP contribution >= 0.6 is 0 Å². The largest absolute Gasteiger partial charge is 0.489 e. The number of carbonyl (C=O) groups is 1. The average Bonchev–Trinajstić information content (AvgIpc) is 2.76. The third-order valence-electron chi connectivity index (χ3n) is 3.86. The van der Waals surface area contributed by atoms with Gasteiger partial charge in [-0.2, -0.15) is 0 Å². The molecule has 2 heterocycles. The van der Waals surface area contributed by atoms with Gasteiger partial charge in [0.15, 0.2) is 9.84 Å². The molecular formula is C18H17NO5S. The van der Waals surface area contributed by atoms with Crippen molar-refractivity contribution in [2.75, 3.05) is 12.9 Å². The predicted octanol–water partition coefficient (Wildman–Crippen LogP) is 2.39. The van der Waals surface area contributed by atoms with Crippen LogP contribution in [0.5, 0.6) is 5.75 Å². The van der Waals surface area contributed by atoms with Crippen molar-refractivity contribution in [3.05, 3.63) is 59.4 Å². The molecule has 0 saturated heterocycles. The van der Waals surface area contributed by atoms with Crippen molar-refractivity contribution in [3.8, 4) is 5.75 Å². The maximum Gasteiger partial charge on any atom is 0.333 e. The lowest BCUT2D eigenvalue weighted by atomic mass is 10.1. The highest BCUT2D eigenvalue weighted by atomic mass is 32.2. The predicted molar refractivity (Wildman–Crippen MR) is 91.7 cm³/mol. The monoisotopic (exact) mass is 359 g/mol. The van der Waals surface area contributed by atoms with Gasteiger partial charge in [0.1, 0.15) is 12.4 Å². The van der Waals surface area contributed by atoms with Crippen LogP contribution in [-0.2, 0) is 26.0 Å². The molecule has 2 aromatic rings. The van der Waals surface area contributed by atoms with Gasteiger partial charge in [-0.25, -0.2) is 13.2 Å². The summed E-state index contributed by atoms with van der Waals surface area (Å²) in [5.41, 5.74) is 1.66. The number of pyridine rings is 1. The molecule has 0 spiro atoms. The van der Waals surface area contributed by atoms with Gasteiger partial charge in [0.25, 0.3) is 0 Å². The summed E-state index contributed by atoms with van der Waals surface area (Å²) < 4.78 is 35.2. The van der Waals surface area contributed by atoms with Crippen LogP contribution in [0.4, 0.5) is 0 Å². The topological polar surface area (TPSA) is 82.6 Å². The Morgan fingerprint density at radius 2 is 2.12 bits per heavy atom. The number of sulfone groups is 1. The van der Waals surface area contributed by atoms with E-state index < -0.39 is 15.8 Å². The van der Waals surface area contributed by atoms with Crippen LogP contribution in [0.15, 0.2) is 53.2 Å². The Hall–Kier alpha value is -2.67. The number of hydrogen-bond acceptors (Lipinski definition) is 6. The second-order valence-corrected chi connectivity index (χ2v) is 7.66. The van der Waals surface area contributed by atoms with Gasteiger partial charge in [0.2, 0.25) is 0 Å². The fourth-order valence-corrected chi connectivity index (χ4v) is 4.03. The quantitative estimate of drug-likeness (QED) is 0.780. The molecule has 3 rings (SSSR count). The summed E-state index contributed by atoms with van der Waals surface area (Å²) in [6.07, 6.45) is 5.05. The van der Waals surface area contributed by atoms with Crippen LogP contribution in [0.25, 0.3) is 6.08 Å². The Kier molecular flexibility index (Phi) is 4.85. The summed E-state index contributed by atoms with van der Waals surface area (Å²) in [5.74, 6) is -0.138. The zero-order valence-corrected chi connectivity index (χ0v) is 14.5. The van der Waals surface area contributed by atoms with E-state index in [9.17, 15) is 13.2 Å². The lowest BCUT2D eigenvalue weighted by molar-refractivity contribution is -0.136. The minimum absolute atomic E-state index is 0.121. The molecule has 0 saturated carbocycles. The molecule has 0 aliphatic carbocycles. The number of hydrogen-bond donors (Lipinski definition) is 0. The van der Waals surface area contributed by atoms with Crippen LogP contribution < -0.4 is 4.74 Å². The van der Waals surface area contributed by atoms with Crippen molar-refractivity contribution in [1.29, 1.82) is 0 Å². The average molecular weight is 359 g/mol. The van der Waals surface area contributed by atoms with Gasteiger partial charge < -0.3 is 9.47 Å². The maximum atomic E-state index is 12.4. The molecule has 130 valence electrons. The van der Waals surface area contributed by atoms with Gasteiger partial charge in [0.05, 0.1) is 17.8 Å². The lowest BCUT2D eigenvalue weighted by Gasteiger charge is -2.09. The van der Waals surface area contributed by atoms with Gasteiger partial charge in [-0.3, -0.25) is 4.98 Å². The number of carbonyl (C=O) groups excluding carboxylic acids is 1. The molecule has 0 fully saturated rings. The first kappa shape index (κ1) is 17.2. The van der Waals surface area contributed by atoms with Crippen LogP contribution in [0.2, 0.25) is 0 Å². The number of esters is 1. The highest BCUT2D eigenvalue weighted by Gasteiger charge is 2.25. The number of nitrogens with zero attached hydrogens (tertiary/aromatic N) is 1. The minimum Gasteiger partial charge on any atom is -0.489 e. The van der Waals surface area contributed by atoms with E-state index in [2.05, 4.69) is 4.98 Å². The number of fused-ring (bicyclic) bond motifs is 1. The molecule has 25 heavy (non-hydrogen) atoms. The van der Waals surface area contributed by atoms with Gasteiger partial charge in [-0.05, 0) is 42.3 Å². The summed E-state index contributed by atoms with van der Waals surface area (Å²) in [7, 11) is -2.19. The first-order chi connectivity index (χ1) is 12.0. The maximum absolute atomic E-state index is 12.4. The Bertz CT molecular complexity index is 920. The van der Waals surface area contributed by atoms with E-state index in [1.807, 2.05) is 12.1 Å². The molecule has 0 bridgehead atoms. The second kappa shape index (κ2) is 7.06. The second-order valence-electron chi connectivity index (χ2n) is 5.58. The molecule has 1 aliphatic rings. The molecular weight excluding hydrogens is 342 g/mol. The Morgan fingerprint density at radius 3 is 2.84 bits per heavy atom. The molecule has 7 heteroatoms. The fourth-order valence-electron chi connectivity index (χ4n) is 2.57. The van der Waals surface area contributed by atoms with Crippen LogP contribution in [0.1, 0.15) is 17.5 Å². The first-order valence-electron chi connectivity index (χ1n) is 7.67. The normalized spacial score (nSPS) is 15.5. The minimum atomic E-state index is -3.46. The van der Waals surface area contributed by atoms with E-state index >= 15 is 0 Å². The van der Waals surface area contributed by atoms with E-state index in [1.54, 1.807) is 30.6 Å². The molecule has 1 aliphatic heterocycles. The Morgan fingerprint density at radius 1 is 1.28 bits per heavy atom. The third-order valence-corrected chi connectivity index (χ3v) is 5.65. The van der Waals surface area contributed by atoms with Crippen LogP contribution in [0, 0.1) is 0 Å². The molecule has 0 N–H and O–H groups in total. The standard InChI is InChI=1S/C18H17NO5S/c1-23-18(20)14-6-8-25(21,22)17-5-4-16(10-15(17)9-14)24-12-13-3-2-7-19-11-13/h2-5,7,9-11H,6,8,12H2,1H3. The van der Waals surface area contributed by atoms with E-state index in [0.717, 1.165) is 5.56 Å². The van der Waals surface area contributed by atoms with Crippen LogP contribution in [0.3, 0.4) is 0 Å². The number of ether oxygens (including phenoxy) is 2. The van der Waals surface area contributed by atoms with Crippen molar-refractivity contribution >= 4 is 21.9 Å². The number of aromatic nitrogens is 1. The molecule has 0 amide bonds. The zero-order valence-electron chi connectivity index (χ0n) is 13.6. The summed E-state index contributed by atoms with van der Waals surface area (Å²) in [4.78, 5) is 16.0. The fraction of sp³-hybridized carbons (Fsp3) is 0.222. The van der Waals surface area contributed by atoms with Crippen molar-refractivity contribution in [2.45, 2.75) is 17.9 Å². The van der Waals surface area contributed by atoms with E-state index in [1.165, 1.54) is 13.2 Å². The van der Waals surface area contributed by atoms with Crippen molar-refractivity contribution in [1.82, 2.24) is 4.98 Å². The molecule has 1 aromatic carbocycles. The highest BCUT2D eigenvalue weighted by molar-refractivity contribution is 7.91. The van der Waals surface area contributed by atoms with Crippen LogP contribution in [-0.4, -0.2) is 32.2 Å². The van der Waals surface area contributed by atoms with Gasteiger partial charge in [-0.1, -0.05) is 6.07 Å². The number of methoxy groups -OCH3 is 1. The number of rotatable bonds is 4. The molecule has 6 nitrogen and oxygen atoms in total. The van der Waals surface area contributed by atoms with E-state index in [4.69, 9.17) is 9.47 Å². The Labute approximate surface area is 146 Å². The summed E-state index contributed by atoms with van der Waals surface area (Å²) in [6, 6.07) is 8.45.